The van der Waals surface area contributed by atoms with Gasteiger partial charge in [-0.2, -0.15) is 0 Å². The molecule has 142 valence electrons. The molecule has 0 aromatic heterocycles. The normalized spacial score (nSPS) is 17.9. The molecule has 1 aliphatic heterocycles. The fourth-order valence-electron chi connectivity index (χ4n) is 3.39. The van der Waals surface area contributed by atoms with Gasteiger partial charge in [0.05, 0.1) is 17.9 Å². The van der Waals surface area contributed by atoms with Crippen molar-refractivity contribution in [2.24, 2.45) is 0 Å². The number of anilines is 2. The van der Waals surface area contributed by atoms with Crippen LogP contribution in [0.3, 0.4) is 0 Å². The monoisotopic (exact) mass is 369 g/mol. The average molecular weight is 369 g/mol. The zero-order valence-corrected chi connectivity index (χ0v) is 15.8. The number of para-hydroxylation sites is 2. The van der Waals surface area contributed by atoms with Crippen LogP contribution in [-0.2, 0) is 9.59 Å². The Morgan fingerprint density at radius 1 is 1.26 bits per heavy atom. The van der Waals surface area contributed by atoms with Crippen molar-refractivity contribution < 1.29 is 14.0 Å². The number of carbonyl (C=O) groups excluding carboxylic acids is 2. The molecule has 6 heteroatoms. The summed E-state index contributed by atoms with van der Waals surface area (Å²) in [6.45, 7) is 4.04. The SMILES string of the molecule is C[C@@H](c1ccc(F)cc1)N(C)CC(=O)N1c2ccccc2NC(=O)C[C@@H]1C. The van der Waals surface area contributed by atoms with E-state index in [1.54, 1.807) is 23.1 Å². The van der Waals surface area contributed by atoms with Gasteiger partial charge in [0.1, 0.15) is 5.82 Å². The molecule has 0 unspecified atom stereocenters. The van der Waals surface area contributed by atoms with Crippen molar-refractivity contribution in [1.29, 1.82) is 0 Å². The van der Waals surface area contributed by atoms with Gasteiger partial charge >= 0.3 is 0 Å². The number of hydrogen-bond donors (Lipinski definition) is 1. The number of fused-ring (bicyclic) bond motifs is 1. The molecule has 1 aliphatic rings. The van der Waals surface area contributed by atoms with Crippen molar-refractivity contribution in [1.82, 2.24) is 4.90 Å². The fourth-order valence-corrected chi connectivity index (χ4v) is 3.39. The Kier molecular flexibility index (Phi) is 5.56. The van der Waals surface area contributed by atoms with E-state index in [0.717, 1.165) is 5.56 Å². The Labute approximate surface area is 158 Å². The molecular weight excluding hydrogens is 345 g/mol. The summed E-state index contributed by atoms with van der Waals surface area (Å²) in [5.41, 5.74) is 2.30. The van der Waals surface area contributed by atoms with Crippen LogP contribution in [0, 0.1) is 5.82 Å². The van der Waals surface area contributed by atoms with E-state index in [-0.39, 0.29) is 42.7 Å². The van der Waals surface area contributed by atoms with Crippen LogP contribution < -0.4 is 10.2 Å². The third kappa shape index (κ3) is 4.17. The van der Waals surface area contributed by atoms with Crippen LogP contribution in [0.25, 0.3) is 0 Å². The minimum absolute atomic E-state index is 0.0492. The molecule has 27 heavy (non-hydrogen) atoms. The number of hydrogen-bond acceptors (Lipinski definition) is 3. The molecule has 5 nitrogen and oxygen atoms in total. The Morgan fingerprint density at radius 2 is 1.93 bits per heavy atom. The summed E-state index contributed by atoms with van der Waals surface area (Å²) in [6, 6.07) is 13.4. The molecule has 3 rings (SSSR count). The molecular formula is C21H24FN3O2. The smallest absolute Gasteiger partial charge is 0.241 e. The first-order valence-electron chi connectivity index (χ1n) is 9.03. The van der Waals surface area contributed by atoms with Crippen molar-refractivity contribution in [3.8, 4) is 0 Å². The molecule has 2 aromatic rings. The molecule has 2 atom stereocenters. The number of benzene rings is 2. The first-order chi connectivity index (χ1) is 12.9. The van der Waals surface area contributed by atoms with Gasteiger partial charge in [-0.3, -0.25) is 14.5 Å². The van der Waals surface area contributed by atoms with Crippen molar-refractivity contribution in [2.75, 3.05) is 23.8 Å². The maximum Gasteiger partial charge on any atom is 0.241 e. The van der Waals surface area contributed by atoms with Crippen molar-refractivity contribution in [3.63, 3.8) is 0 Å². The van der Waals surface area contributed by atoms with E-state index >= 15 is 0 Å². The Hall–Kier alpha value is -2.73. The molecule has 0 fully saturated rings. The van der Waals surface area contributed by atoms with Crippen molar-refractivity contribution >= 4 is 23.2 Å². The van der Waals surface area contributed by atoms with Gasteiger partial charge in [0.2, 0.25) is 11.8 Å². The molecule has 1 heterocycles. The predicted octanol–water partition coefficient (Wildman–Crippen LogP) is 3.58. The maximum absolute atomic E-state index is 13.2. The quantitative estimate of drug-likeness (QED) is 0.896. The number of nitrogens with one attached hydrogen (secondary N) is 1. The first kappa shape index (κ1) is 19.0. The van der Waals surface area contributed by atoms with Gasteiger partial charge in [0, 0.05) is 18.5 Å². The summed E-state index contributed by atoms with van der Waals surface area (Å²) in [5, 5.41) is 2.86. The Bertz CT molecular complexity index is 838. The molecule has 1 N–H and O–H groups in total. The van der Waals surface area contributed by atoms with E-state index in [9.17, 15) is 14.0 Å². The largest absolute Gasteiger partial charge is 0.324 e. The second kappa shape index (κ2) is 7.88. The predicted molar refractivity (Wildman–Crippen MR) is 104 cm³/mol. The highest BCUT2D eigenvalue weighted by Gasteiger charge is 2.30. The van der Waals surface area contributed by atoms with E-state index in [0.29, 0.717) is 11.4 Å². The molecule has 0 aliphatic carbocycles. The van der Waals surface area contributed by atoms with E-state index in [1.165, 1.54) is 12.1 Å². The number of amides is 2. The minimum Gasteiger partial charge on any atom is -0.324 e. The molecule has 0 saturated heterocycles. The lowest BCUT2D eigenvalue weighted by molar-refractivity contribution is -0.120. The van der Waals surface area contributed by atoms with Gasteiger partial charge in [0.15, 0.2) is 0 Å². The van der Waals surface area contributed by atoms with Gasteiger partial charge in [-0.05, 0) is 50.7 Å². The van der Waals surface area contributed by atoms with Crippen LogP contribution in [0.15, 0.2) is 48.5 Å². The third-order valence-electron chi connectivity index (χ3n) is 5.03. The van der Waals surface area contributed by atoms with Crippen LogP contribution >= 0.6 is 0 Å². The number of rotatable bonds is 4. The fraction of sp³-hybridized carbons (Fsp3) is 0.333. The minimum atomic E-state index is -0.281. The standard InChI is InChI=1S/C21H24FN3O2/c1-14-12-20(26)23-18-6-4-5-7-19(18)25(14)21(27)13-24(3)15(2)16-8-10-17(22)11-9-16/h4-11,14-15H,12-13H2,1-3H3,(H,23,26)/t14-,15-/m0/s1. The van der Waals surface area contributed by atoms with Crippen LogP contribution in [0.1, 0.15) is 31.9 Å². The number of likely N-dealkylation sites (N-methyl/N-ethyl adjacent to an activating group) is 1. The van der Waals surface area contributed by atoms with Gasteiger partial charge in [-0.15, -0.1) is 0 Å². The maximum atomic E-state index is 13.2. The Balaban J connectivity index is 1.80. The average Bonchev–Trinajstić information content (AvgIpc) is 2.75. The van der Waals surface area contributed by atoms with Crippen LogP contribution in [0.2, 0.25) is 0 Å². The number of nitrogens with zero attached hydrogens (tertiary/aromatic N) is 2. The third-order valence-corrected chi connectivity index (χ3v) is 5.03. The topological polar surface area (TPSA) is 52.7 Å². The lowest BCUT2D eigenvalue weighted by atomic mass is 10.1. The van der Waals surface area contributed by atoms with E-state index in [4.69, 9.17) is 0 Å². The molecule has 0 bridgehead atoms. The zero-order valence-electron chi connectivity index (χ0n) is 15.8. The summed E-state index contributed by atoms with van der Waals surface area (Å²) in [7, 11) is 1.86. The van der Waals surface area contributed by atoms with E-state index in [1.807, 2.05) is 44.0 Å². The van der Waals surface area contributed by atoms with Gasteiger partial charge < -0.3 is 10.2 Å². The lowest BCUT2D eigenvalue weighted by Gasteiger charge is -2.31. The van der Waals surface area contributed by atoms with Crippen LogP contribution in [0.5, 0.6) is 0 Å². The summed E-state index contributed by atoms with van der Waals surface area (Å²) in [4.78, 5) is 28.8. The summed E-state index contributed by atoms with van der Waals surface area (Å²) in [6.07, 6.45) is 0.248. The highest BCUT2D eigenvalue weighted by molar-refractivity contribution is 6.04. The second-order valence-electron chi connectivity index (χ2n) is 7.02. The second-order valence-corrected chi connectivity index (χ2v) is 7.02. The summed E-state index contributed by atoms with van der Waals surface area (Å²) in [5.74, 6) is -0.460. The zero-order chi connectivity index (χ0) is 19.6. The van der Waals surface area contributed by atoms with Gasteiger partial charge in [0.25, 0.3) is 0 Å². The van der Waals surface area contributed by atoms with Crippen LogP contribution in [0.4, 0.5) is 15.8 Å². The highest BCUT2D eigenvalue weighted by Crippen LogP contribution is 2.31. The summed E-state index contributed by atoms with van der Waals surface area (Å²) >= 11 is 0. The van der Waals surface area contributed by atoms with Crippen molar-refractivity contribution in [3.05, 3.63) is 59.9 Å². The van der Waals surface area contributed by atoms with Crippen LogP contribution in [-0.4, -0.2) is 36.3 Å². The molecule has 2 amide bonds. The molecule has 2 aromatic carbocycles. The number of carbonyl (C=O) groups is 2. The first-order valence-corrected chi connectivity index (χ1v) is 9.03. The highest BCUT2D eigenvalue weighted by atomic mass is 19.1. The van der Waals surface area contributed by atoms with Gasteiger partial charge in [-0.25, -0.2) is 4.39 Å². The van der Waals surface area contributed by atoms with Crippen molar-refractivity contribution in [2.45, 2.75) is 32.4 Å². The molecule has 0 radical (unpaired) electrons. The Morgan fingerprint density at radius 3 is 2.63 bits per heavy atom. The van der Waals surface area contributed by atoms with E-state index in [2.05, 4.69) is 5.32 Å². The number of halogens is 1. The molecule has 0 spiro atoms. The summed E-state index contributed by atoms with van der Waals surface area (Å²) < 4.78 is 13.2. The van der Waals surface area contributed by atoms with E-state index < -0.39 is 0 Å². The molecule has 0 saturated carbocycles. The van der Waals surface area contributed by atoms with Gasteiger partial charge in [-0.1, -0.05) is 24.3 Å². The lowest BCUT2D eigenvalue weighted by Crippen LogP contribution is -2.44.